The van der Waals surface area contributed by atoms with Crippen molar-refractivity contribution in [2.24, 2.45) is 0 Å². The van der Waals surface area contributed by atoms with Crippen LogP contribution in [0.15, 0.2) is 121 Å². The minimum Gasteiger partial charge on any atom is -0.286 e. The molecule has 0 atom stereocenters. The summed E-state index contributed by atoms with van der Waals surface area (Å²) in [6.07, 6.45) is 2.34. The van der Waals surface area contributed by atoms with Gasteiger partial charge in [0.2, 0.25) is 6.41 Å². The van der Waals surface area contributed by atoms with E-state index < -0.39 is 16.7 Å². The van der Waals surface area contributed by atoms with Gasteiger partial charge in [-0.1, -0.05) is 121 Å². The summed E-state index contributed by atoms with van der Waals surface area (Å²) in [4.78, 5) is 21.5. The van der Waals surface area contributed by atoms with Gasteiger partial charge in [0, 0.05) is 13.1 Å². The molecule has 0 unspecified atom stereocenters. The highest BCUT2D eigenvalue weighted by molar-refractivity contribution is 5.51. The van der Waals surface area contributed by atoms with Crippen LogP contribution in [0.25, 0.3) is 0 Å². The van der Waals surface area contributed by atoms with Gasteiger partial charge >= 0.3 is 0 Å². The number of amides is 1. The topological polar surface area (TPSA) is 32.8 Å². The average molecular weight is 519 g/mol. The van der Waals surface area contributed by atoms with Crippen LogP contribution >= 0.6 is 0 Å². The molecule has 0 spiro atoms. The molecule has 0 saturated carbocycles. The molecule has 0 aliphatic carbocycles. The van der Waals surface area contributed by atoms with Gasteiger partial charge in [-0.05, 0) is 55.9 Å². The summed E-state index contributed by atoms with van der Waals surface area (Å²) in [7, 11) is 0. The van der Waals surface area contributed by atoms with Crippen molar-refractivity contribution in [3.05, 3.63) is 144 Å². The zero-order chi connectivity index (χ0) is 27.3. The second-order valence-corrected chi connectivity index (χ2v) is 11.3. The summed E-state index contributed by atoms with van der Waals surface area (Å²) in [6.45, 7) is 7.50. The van der Waals surface area contributed by atoms with Crippen molar-refractivity contribution in [3.63, 3.8) is 0 Å². The molecule has 1 fully saturated rings. The summed E-state index contributed by atoms with van der Waals surface area (Å²) in [5.74, 6) is 0. The van der Waals surface area contributed by atoms with Gasteiger partial charge in [-0.2, -0.15) is 0 Å². The third kappa shape index (κ3) is 5.15. The third-order valence-electron chi connectivity index (χ3n) is 7.84. The maximum atomic E-state index is 12.6. The lowest BCUT2D eigenvalue weighted by molar-refractivity contribution is -0.267. The Bertz CT molecular complexity index is 1230. The average Bonchev–Trinajstić information content (AvgIpc) is 2.98. The van der Waals surface area contributed by atoms with E-state index in [1.165, 1.54) is 16.7 Å². The van der Waals surface area contributed by atoms with Gasteiger partial charge in [0.1, 0.15) is 0 Å². The molecule has 0 aromatic heterocycles. The summed E-state index contributed by atoms with van der Waals surface area (Å²) < 4.78 is 0. The molecule has 4 aromatic carbocycles. The van der Waals surface area contributed by atoms with Crippen LogP contribution < -0.4 is 0 Å². The number of carbonyl (C=O) groups excluding carboxylic acids is 1. The van der Waals surface area contributed by atoms with Crippen molar-refractivity contribution in [1.29, 1.82) is 0 Å². The number of carbonyl (C=O) groups is 1. The first-order valence-corrected chi connectivity index (χ1v) is 13.8. The number of hydroxylamine groups is 2. The van der Waals surface area contributed by atoms with E-state index in [1.807, 2.05) is 39.0 Å². The van der Waals surface area contributed by atoms with Gasteiger partial charge in [0.05, 0.1) is 16.7 Å². The lowest BCUT2D eigenvalue weighted by atomic mass is 9.72. The van der Waals surface area contributed by atoms with Crippen LogP contribution in [0, 0.1) is 0 Å². The Labute approximate surface area is 232 Å². The minimum atomic E-state index is -0.567. The second-order valence-electron chi connectivity index (χ2n) is 11.3. The fourth-order valence-electron chi connectivity index (χ4n) is 6.19. The largest absolute Gasteiger partial charge is 0.286 e. The van der Waals surface area contributed by atoms with E-state index in [1.54, 1.807) is 5.06 Å². The monoisotopic (exact) mass is 518 g/mol. The zero-order valence-electron chi connectivity index (χ0n) is 23.2. The van der Waals surface area contributed by atoms with E-state index in [9.17, 15) is 4.79 Å². The fourth-order valence-corrected chi connectivity index (χ4v) is 6.19. The molecule has 0 radical (unpaired) electrons. The second kappa shape index (κ2) is 11.2. The first-order chi connectivity index (χ1) is 18.9. The molecule has 1 amide bonds. The van der Waals surface area contributed by atoms with Crippen LogP contribution in [-0.4, -0.2) is 35.1 Å². The number of piperidine rings is 1. The quantitative estimate of drug-likeness (QED) is 0.141. The Hall–Kier alpha value is -3.73. The van der Waals surface area contributed by atoms with Crippen LogP contribution in [-0.2, 0) is 20.7 Å². The molecule has 200 valence electrons. The van der Waals surface area contributed by atoms with E-state index >= 15 is 0 Å². The first kappa shape index (κ1) is 26.9. The molecule has 4 nitrogen and oxygen atoms in total. The van der Waals surface area contributed by atoms with E-state index in [0.29, 0.717) is 0 Å². The molecular formula is C35H38N2O2. The highest BCUT2D eigenvalue weighted by Gasteiger charge is 2.49. The molecule has 5 rings (SSSR count). The predicted octanol–water partition coefficient (Wildman–Crippen LogP) is 7.16. The summed E-state index contributed by atoms with van der Waals surface area (Å²) in [5.41, 5.74) is 3.24. The smallest absolute Gasteiger partial charge is 0.234 e. The van der Waals surface area contributed by atoms with Crippen molar-refractivity contribution in [2.45, 2.75) is 50.3 Å². The van der Waals surface area contributed by atoms with E-state index in [2.05, 4.69) is 108 Å². The van der Waals surface area contributed by atoms with Crippen LogP contribution in [0.3, 0.4) is 0 Å². The summed E-state index contributed by atoms with van der Waals surface area (Å²) in [5, 5.41) is 1.59. The fraction of sp³-hybridized carbons (Fsp3) is 0.286. The van der Waals surface area contributed by atoms with Crippen molar-refractivity contribution in [3.8, 4) is 0 Å². The molecule has 1 heterocycles. The number of hydrogen-bond acceptors (Lipinski definition) is 3. The lowest BCUT2D eigenvalue weighted by Gasteiger charge is -2.53. The van der Waals surface area contributed by atoms with Crippen molar-refractivity contribution in [2.75, 3.05) is 13.1 Å². The molecule has 39 heavy (non-hydrogen) atoms. The van der Waals surface area contributed by atoms with Gasteiger partial charge in [-0.25, -0.2) is 5.06 Å². The summed E-state index contributed by atoms with van der Waals surface area (Å²) in [6, 6.07) is 42.7. The molecule has 4 heteroatoms. The first-order valence-electron chi connectivity index (χ1n) is 13.8. The molecular weight excluding hydrogens is 480 g/mol. The number of rotatable bonds is 8. The van der Waals surface area contributed by atoms with Crippen molar-refractivity contribution < 1.29 is 9.63 Å². The van der Waals surface area contributed by atoms with E-state index in [4.69, 9.17) is 4.84 Å². The van der Waals surface area contributed by atoms with Crippen molar-refractivity contribution >= 4 is 6.41 Å². The molecule has 1 aliphatic rings. The van der Waals surface area contributed by atoms with Crippen LogP contribution in [0.4, 0.5) is 0 Å². The Morgan fingerprint density at radius 1 is 0.667 bits per heavy atom. The molecule has 1 saturated heterocycles. The maximum absolute atomic E-state index is 12.6. The Morgan fingerprint density at radius 3 is 1.41 bits per heavy atom. The number of hydrogen-bond donors (Lipinski definition) is 0. The lowest BCUT2D eigenvalue weighted by Crippen LogP contribution is -2.59. The van der Waals surface area contributed by atoms with Crippen LogP contribution in [0.2, 0.25) is 0 Å². The molecule has 0 bridgehead atoms. The highest BCUT2D eigenvalue weighted by atomic mass is 16.7. The number of nitrogens with zero attached hydrogens (tertiary/aromatic N) is 2. The Morgan fingerprint density at radius 2 is 1.05 bits per heavy atom. The zero-order valence-corrected chi connectivity index (χ0v) is 23.2. The Kier molecular flexibility index (Phi) is 7.69. The van der Waals surface area contributed by atoms with Crippen molar-refractivity contribution in [1.82, 2.24) is 9.96 Å². The standard InChI is InChI=1S/C35H38N2O2/c1-33(2,3)39-37(28-38)34(29-16-8-4-9-17-29)24-26-36(27-25-34)35(30-18-10-5-11-19-30,31-20-12-6-13-21-31)32-22-14-7-15-23-32/h4-23,28H,24-27H2,1-3H3. The van der Waals surface area contributed by atoms with Gasteiger partial charge in [0.15, 0.2) is 0 Å². The SMILES string of the molecule is CC(C)(C)ON(C=O)C1(c2ccccc2)CCN(C(c2ccccc2)(c2ccccc2)c2ccccc2)CC1. The third-order valence-corrected chi connectivity index (χ3v) is 7.84. The molecule has 4 aromatic rings. The van der Waals surface area contributed by atoms with Crippen LogP contribution in [0.5, 0.6) is 0 Å². The number of benzene rings is 4. The predicted molar refractivity (Wildman–Crippen MR) is 157 cm³/mol. The van der Waals surface area contributed by atoms with Gasteiger partial charge in [0.25, 0.3) is 0 Å². The molecule has 1 aliphatic heterocycles. The van der Waals surface area contributed by atoms with E-state index in [0.717, 1.165) is 37.9 Å². The highest BCUT2D eigenvalue weighted by Crippen LogP contribution is 2.47. The maximum Gasteiger partial charge on any atom is 0.234 e. The molecule has 0 N–H and O–H groups in total. The van der Waals surface area contributed by atoms with Gasteiger partial charge in [-0.3, -0.25) is 14.5 Å². The summed E-state index contributed by atoms with van der Waals surface area (Å²) >= 11 is 0. The Balaban J connectivity index is 1.64. The minimum absolute atomic E-state index is 0.483. The van der Waals surface area contributed by atoms with Gasteiger partial charge in [-0.15, -0.1) is 0 Å². The van der Waals surface area contributed by atoms with Crippen LogP contribution in [0.1, 0.15) is 55.9 Å². The van der Waals surface area contributed by atoms with Gasteiger partial charge < -0.3 is 0 Å². The number of likely N-dealkylation sites (tertiary alicyclic amines) is 1. The normalized spacial score (nSPS) is 16.0. The van der Waals surface area contributed by atoms with E-state index in [-0.39, 0.29) is 0 Å².